The molecule has 3 N–H and O–H groups in total. The van der Waals surface area contributed by atoms with Crippen LogP contribution in [-0.2, 0) is 4.79 Å². The molecule has 148 valence electrons. The van der Waals surface area contributed by atoms with E-state index < -0.39 is 30.2 Å². The summed E-state index contributed by atoms with van der Waals surface area (Å²) < 4.78 is 31.4. The number of anilines is 3. The lowest BCUT2D eigenvalue weighted by Gasteiger charge is -2.11. The van der Waals surface area contributed by atoms with Crippen molar-refractivity contribution in [1.82, 2.24) is 0 Å². The third kappa shape index (κ3) is 6.03. The first-order chi connectivity index (χ1) is 14.0. The lowest BCUT2D eigenvalue weighted by molar-refractivity contribution is -0.118. The maximum atomic E-state index is 13.5. The number of hydrogen-bond donors (Lipinski definition) is 3. The zero-order valence-corrected chi connectivity index (χ0v) is 15.1. The Morgan fingerprint density at radius 3 is 2.14 bits per heavy atom. The summed E-state index contributed by atoms with van der Waals surface area (Å²) in [6.45, 7) is -0.464. The van der Waals surface area contributed by atoms with Gasteiger partial charge in [0.1, 0.15) is 5.82 Å². The molecule has 0 spiro atoms. The number of urea groups is 1. The molecule has 0 aliphatic rings. The van der Waals surface area contributed by atoms with Crippen molar-refractivity contribution in [2.24, 2.45) is 0 Å². The number of hydrogen-bond acceptors (Lipinski definition) is 3. The van der Waals surface area contributed by atoms with Crippen LogP contribution in [0.5, 0.6) is 5.75 Å². The topological polar surface area (TPSA) is 79.5 Å². The SMILES string of the molecule is O=C(COc1ccc(F)cc1F)Nc1cccc(NC(=O)Nc2ccccc2)c1. The maximum Gasteiger partial charge on any atom is 0.323 e. The van der Waals surface area contributed by atoms with Gasteiger partial charge in [0.2, 0.25) is 0 Å². The molecule has 8 heteroatoms. The third-order valence-corrected chi connectivity index (χ3v) is 3.69. The molecule has 0 saturated carbocycles. The molecule has 0 fully saturated rings. The van der Waals surface area contributed by atoms with E-state index in [4.69, 9.17) is 4.74 Å². The molecule has 0 aliphatic carbocycles. The van der Waals surface area contributed by atoms with Gasteiger partial charge in [0, 0.05) is 23.1 Å². The van der Waals surface area contributed by atoms with Gasteiger partial charge in [0.25, 0.3) is 5.91 Å². The normalized spacial score (nSPS) is 10.1. The van der Waals surface area contributed by atoms with Gasteiger partial charge in [-0.2, -0.15) is 0 Å². The lowest BCUT2D eigenvalue weighted by atomic mass is 10.2. The number of ether oxygens (including phenoxy) is 1. The molecule has 0 unspecified atom stereocenters. The van der Waals surface area contributed by atoms with Crippen LogP contribution in [0.15, 0.2) is 72.8 Å². The Bertz CT molecular complexity index is 1010. The number of para-hydroxylation sites is 1. The molecule has 0 bridgehead atoms. The first-order valence-corrected chi connectivity index (χ1v) is 8.60. The molecule has 0 aliphatic heterocycles. The number of carbonyl (C=O) groups is 2. The fourth-order valence-electron chi connectivity index (χ4n) is 2.42. The van der Waals surface area contributed by atoms with Crippen molar-refractivity contribution in [2.75, 3.05) is 22.6 Å². The molecule has 6 nitrogen and oxygen atoms in total. The van der Waals surface area contributed by atoms with Crippen LogP contribution in [0.4, 0.5) is 30.6 Å². The standard InChI is InChI=1S/C21H17F2N3O3/c22-14-9-10-19(18(23)11-14)29-13-20(27)24-16-7-4-8-17(12-16)26-21(28)25-15-5-2-1-3-6-15/h1-12H,13H2,(H,24,27)(H2,25,26,28). The predicted molar refractivity (Wildman–Crippen MR) is 106 cm³/mol. The van der Waals surface area contributed by atoms with Crippen LogP contribution in [-0.4, -0.2) is 18.5 Å². The van der Waals surface area contributed by atoms with E-state index in [1.165, 1.54) is 0 Å². The van der Waals surface area contributed by atoms with Crippen LogP contribution in [0.2, 0.25) is 0 Å². The summed E-state index contributed by atoms with van der Waals surface area (Å²) in [7, 11) is 0. The Labute approximate surface area is 165 Å². The monoisotopic (exact) mass is 397 g/mol. The minimum atomic E-state index is -0.895. The number of amides is 3. The van der Waals surface area contributed by atoms with Crippen LogP contribution < -0.4 is 20.7 Å². The van der Waals surface area contributed by atoms with Crippen molar-refractivity contribution in [3.8, 4) is 5.75 Å². The van der Waals surface area contributed by atoms with Crippen molar-refractivity contribution in [3.05, 3.63) is 84.4 Å². The fourth-order valence-corrected chi connectivity index (χ4v) is 2.42. The number of benzene rings is 3. The molecular formula is C21H17F2N3O3. The van der Waals surface area contributed by atoms with Crippen molar-refractivity contribution in [3.63, 3.8) is 0 Å². The summed E-state index contributed by atoms with van der Waals surface area (Å²) in [5.41, 5.74) is 1.51. The van der Waals surface area contributed by atoms with E-state index in [1.807, 2.05) is 6.07 Å². The molecule has 0 aromatic heterocycles. The van der Waals surface area contributed by atoms with Gasteiger partial charge in [-0.3, -0.25) is 4.79 Å². The molecule has 0 heterocycles. The summed E-state index contributed by atoms with van der Waals surface area (Å²) >= 11 is 0. The van der Waals surface area contributed by atoms with E-state index in [2.05, 4.69) is 16.0 Å². The van der Waals surface area contributed by atoms with Gasteiger partial charge in [-0.1, -0.05) is 24.3 Å². The number of carbonyl (C=O) groups excluding carboxylic acids is 2. The van der Waals surface area contributed by atoms with E-state index >= 15 is 0 Å². The summed E-state index contributed by atoms with van der Waals surface area (Å²) in [5, 5.41) is 7.91. The van der Waals surface area contributed by atoms with E-state index in [9.17, 15) is 18.4 Å². The molecule has 3 aromatic carbocycles. The van der Waals surface area contributed by atoms with E-state index in [0.29, 0.717) is 23.1 Å². The van der Waals surface area contributed by atoms with E-state index in [1.54, 1.807) is 48.5 Å². The smallest absolute Gasteiger partial charge is 0.323 e. The minimum absolute atomic E-state index is 0.227. The average molecular weight is 397 g/mol. The fraction of sp³-hybridized carbons (Fsp3) is 0.0476. The summed E-state index contributed by atoms with van der Waals surface area (Å²) in [6.07, 6.45) is 0. The van der Waals surface area contributed by atoms with Gasteiger partial charge in [-0.25, -0.2) is 13.6 Å². The Morgan fingerprint density at radius 2 is 1.41 bits per heavy atom. The second-order valence-electron chi connectivity index (χ2n) is 5.94. The van der Waals surface area contributed by atoms with Gasteiger partial charge in [0.05, 0.1) is 0 Å². The zero-order valence-electron chi connectivity index (χ0n) is 15.1. The van der Waals surface area contributed by atoms with Crippen LogP contribution in [0.25, 0.3) is 0 Å². The Hall–Kier alpha value is -3.94. The van der Waals surface area contributed by atoms with Crippen LogP contribution in [0.3, 0.4) is 0 Å². The Morgan fingerprint density at radius 1 is 0.759 bits per heavy atom. The Balaban J connectivity index is 1.53. The first-order valence-electron chi connectivity index (χ1n) is 8.60. The zero-order chi connectivity index (χ0) is 20.6. The second kappa shape index (κ2) is 9.32. The van der Waals surface area contributed by atoms with Crippen molar-refractivity contribution in [1.29, 1.82) is 0 Å². The average Bonchev–Trinajstić information content (AvgIpc) is 2.68. The minimum Gasteiger partial charge on any atom is -0.481 e. The van der Waals surface area contributed by atoms with Gasteiger partial charge >= 0.3 is 6.03 Å². The summed E-state index contributed by atoms with van der Waals surface area (Å²) in [4.78, 5) is 24.0. The molecule has 3 amide bonds. The molecule has 0 radical (unpaired) electrons. The third-order valence-electron chi connectivity index (χ3n) is 3.69. The second-order valence-corrected chi connectivity index (χ2v) is 5.94. The number of rotatable bonds is 6. The lowest BCUT2D eigenvalue weighted by Crippen LogP contribution is -2.21. The molecule has 3 aromatic rings. The largest absolute Gasteiger partial charge is 0.481 e. The van der Waals surface area contributed by atoms with Crippen LogP contribution in [0.1, 0.15) is 0 Å². The van der Waals surface area contributed by atoms with Gasteiger partial charge in [-0.05, 0) is 42.5 Å². The molecule has 0 atom stereocenters. The van der Waals surface area contributed by atoms with Crippen molar-refractivity contribution >= 4 is 29.0 Å². The highest BCUT2D eigenvalue weighted by Gasteiger charge is 2.09. The quantitative estimate of drug-likeness (QED) is 0.568. The first kappa shape index (κ1) is 19.8. The molecule has 29 heavy (non-hydrogen) atoms. The highest BCUT2D eigenvalue weighted by molar-refractivity contribution is 6.00. The number of nitrogens with one attached hydrogen (secondary N) is 3. The number of halogens is 2. The van der Waals surface area contributed by atoms with E-state index in [-0.39, 0.29) is 5.75 Å². The van der Waals surface area contributed by atoms with Gasteiger partial charge in [0.15, 0.2) is 18.2 Å². The summed E-state index contributed by atoms with van der Waals surface area (Å²) in [5.74, 6) is -2.40. The van der Waals surface area contributed by atoms with Gasteiger partial charge in [-0.15, -0.1) is 0 Å². The van der Waals surface area contributed by atoms with Crippen LogP contribution in [0, 0.1) is 11.6 Å². The van der Waals surface area contributed by atoms with Crippen LogP contribution >= 0.6 is 0 Å². The molecular weight excluding hydrogens is 380 g/mol. The Kier molecular flexibility index (Phi) is 6.36. The highest BCUT2D eigenvalue weighted by atomic mass is 19.1. The van der Waals surface area contributed by atoms with E-state index in [0.717, 1.165) is 12.1 Å². The maximum absolute atomic E-state index is 13.5. The van der Waals surface area contributed by atoms with Crippen molar-refractivity contribution < 1.29 is 23.1 Å². The predicted octanol–water partition coefficient (Wildman–Crippen LogP) is 4.63. The van der Waals surface area contributed by atoms with Gasteiger partial charge < -0.3 is 20.7 Å². The summed E-state index contributed by atoms with van der Waals surface area (Å²) in [6, 6.07) is 17.8. The molecule has 0 saturated heterocycles. The highest BCUT2D eigenvalue weighted by Crippen LogP contribution is 2.18. The molecule has 3 rings (SSSR count). The van der Waals surface area contributed by atoms with Crippen molar-refractivity contribution in [2.45, 2.75) is 0 Å².